The SMILES string of the molecule is C=CC(=CC=C(C)C)c1ccccc1. The van der Waals surface area contributed by atoms with E-state index in [-0.39, 0.29) is 0 Å². The second kappa shape index (κ2) is 5.23. The topological polar surface area (TPSA) is 0 Å². The minimum atomic E-state index is 1.16. The smallest absolute Gasteiger partial charge is 0.0184 e. The molecule has 0 nitrogen and oxygen atoms in total. The summed E-state index contributed by atoms with van der Waals surface area (Å²) in [5.41, 5.74) is 3.66. The number of hydrogen-bond acceptors (Lipinski definition) is 0. The highest BCUT2D eigenvalue weighted by Gasteiger charge is 1.93. The van der Waals surface area contributed by atoms with Gasteiger partial charge in [0.2, 0.25) is 0 Å². The van der Waals surface area contributed by atoms with Gasteiger partial charge in [-0.3, -0.25) is 0 Å². The Labute approximate surface area is 86.3 Å². The normalized spacial score (nSPS) is 10.9. The van der Waals surface area contributed by atoms with Gasteiger partial charge in [0.05, 0.1) is 0 Å². The molecule has 0 radical (unpaired) electrons. The molecule has 0 amide bonds. The molecule has 0 bridgehead atoms. The predicted molar refractivity (Wildman–Crippen MR) is 64.0 cm³/mol. The van der Waals surface area contributed by atoms with Gasteiger partial charge < -0.3 is 0 Å². The van der Waals surface area contributed by atoms with E-state index in [9.17, 15) is 0 Å². The van der Waals surface area contributed by atoms with E-state index in [1.165, 1.54) is 11.1 Å². The molecule has 0 spiro atoms. The molecule has 0 heteroatoms. The minimum absolute atomic E-state index is 1.16. The summed E-state index contributed by atoms with van der Waals surface area (Å²) in [5, 5.41) is 0. The second-order valence-corrected chi connectivity index (χ2v) is 3.44. The van der Waals surface area contributed by atoms with Gasteiger partial charge in [0.25, 0.3) is 0 Å². The molecule has 1 aromatic rings. The van der Waals surface area contributed by atoms with Gasteiger partial charge in [-0.05, 0) is 25.0 Å². The molecule has 14 heavy (non-hydrogen) atoms. The molecular weight excluding hydrogens is 168 g/mol. The van der Waals surface area contributed by atoms with E-state index in [1.807, 2.05) is 24.3 Å². The number of hydrogen-bond donors (Lipinski definition) is 0. The van der Waals surface area contributed by atoms with Crippen LogP contribution in [0.2, 0.25) is 0 Å². The molecular formula is C14H16. The van der Waals surface area contributed by atoms with Crippen molar-refractivity contribution in [3.05, 3.63) is 66.3 Å². The van der Waals surface area contributed by atoms with Gasteiger partial charge in [-0.25, -0.2) is 0 Å². The molecule has 0 saturated heterocycles. The fraction of sp³-hybridized carbons (Fsp3) is 0.143. The van der Waals surface area contributed by atoms with Crippen molar-refractivity contribution in [2.45, 2.75) is 13.8 Å². The van der Waals surface area contributed by atoms with Crippen LogP contribution >= 0.6 is 0 Å². The molecule has 0 unspecified atom stereocenters. The zero-order chi connectivity index (χ0) is 10.4. The average molecular weight is 184 g/mol. The van der Waals surface area contributed by atoms with E-state index in [4.69, 9.17) is 0 Å². The van der Waals surface area contributed by atoms with Crippen LogP contribution < -0.4 is 0 Å². The Bertz CT molecular complexity index is 349. The number of benzene rings is 1. The molecule has 0 aliphatic carbocycles. The standard InChI is InChI=1S/C14H16/c1-4-13(11-10-12(2)3)14-8-6-5-7-9-14/h4-11H,1H2,2-3H3. The molecule has 0 saturated carbocycles. The Kier molecular flexibility index (Phi) is 3.93. The van der Waals surface area contributed by atoms with Gasteiger partial charge >= 0.3 is 0 Å². The van der Waals surface area contributed by atoms with Crippen LogP contribution in [0.4, 0.5) is 0 Å². The van der Waals surface area contributed by atoms with Crippen LogP contribution in [0.3, 0.4) is 0 Å². The zero-order valence-corrected chi connectivity index (χ0v) is 8.83. The molecule has 0 fully saturated rings. The Hall–Kier alpha value is -1.56. The van der Waals surface area contributed by atoms with Crippen molar-refractivity contribution in [1.82, 2.24) is 0 Å². The third kappa shape index (κ3) is 3.06. The lowest BCUT2D eigenvalue weighted by Crippen LogP contribution is -1.78. The van der Waals surface area contributed by atoms with Crippen molar-refractivity contribution in [3.8, 4) is 0 Å². The first kappa shape index (κ1) is 10.5. The van der Waals surface area contributed by atoms with E-state index in [1.54, 1.807) is 0 Å². The summed E-state index contributed by atoms with van der Waals surface area (Å²) < 4.78 is 0. The van der Waals surface area contributed by atoms with E-state index >= 15 is 0 Å². The van der Waals surface area contributed by atoms with Crippen LogP contribution in [0.5, 0.6) is 0 Å². The fourth-order valence-electron chi connectivity index (χ4n) is 1.17. The Balaban J connectivity index is 2.99. The van der Waals surface area contributed by atoms with Crippen LogP contribution in [0, 0.1) is 0 Å². The monoisotopic (exact) mass is 184 g/mol. The van der Waals surface area contributed by atoms with Crippen molar-refractivity contribution in [3.63, 3.8) is 0 Å². The van der Waals surface area contributed by atoms with Crippen LogP contribution in [0.25, 0.3) is 5.57 Å². The maximum absolute atomic E-state index is 3.82. The summed E-state index contributed by atoms with van der Waals surface area (Å²) >= 11 is 0. The third-order valence-corrected chi connectivity index (χ3v) is 1.92. The highest BCUT2D eigenvalue weighted by molar-refractivity contribution is 5.74. The zero-order valence-electron chi connectivity index (χ0n) is 8.83. The number of allylic oxidation sites excluding steroid dienone is 5. The van der Waals surface area contributed by atoms with Gasteiger partial charge in [0, 0.05) is 0 Å². The summed E-state index contributed by atoms with van der Waals surface area (Å²) in [5.74, 6) is 0. The van der Waals surface area contributed by atoms with E-state index in [0.29, 0.717) is 0 Å². The first-order chi connectivity index (χ1) is 6.74. The first-order valence-corrected chi connectivity index (χ1v) is 4.77. The van der Waals surface area contributed by atoms with Gasteiger partial charge in [0.15, 0.2) is 0 Å². The quantitative estimate of drug-likeness (QED) is 0.617. The summed E-state index contributed by atoms with van der Waals surface area (Å²) in [6.45, 7) is 7.99. The first-order valence-electron chi connectivity index (χ1n) is 4.77. The van der Waals surface area contributed by atoms with Crippen LogP contribution in [0.15, 0.2) is 60.7 Å². The Morgan fingerprint density at radius 3 is 2.21 bits per heavy atom. The summed E-state index contributed by atoms with van der Waals surface area (Å²) in [6, 6.07) is 10.3. The minimum Gasteiger partial charge on any atom is -0.0984 e. The third-order valence-electron chi connectivity index (χ3n) is 1.92. The summed E-state index contributed by atoms with van der Waals surface area (Å²) in [4.78, 5) is 0. The number of rotatable bonds is 3. The summed E-state index contributed by atoms with van der Waals surface area (Å²) in [6.07, 6.45) is 6.08. The molecule has 0 atom stereocenters. The van der Waals surface area contributed by atoms with E-state index in [2.05, 4.69) is 44.7 Å². The van der Waals surface area contributed by atoms with Gasteiger partial charge in [-0.1, -0.05) is 60.7 Å². The Morgan fingerprint density at radius 1 is 1.07 bits per heavy atom. The largest absolute Gasteiger partial charge is 0.0984 e. The van der Waals surface area contributed by atoms with Crippen molar-refractivity contribution >= 4 is 5.57 Å². The Morgan fingerprint density at radius 2 is 1.71 bits per heavy atom. The molecule has 0 aromatic heterocycles. The van der Waals surface area contributed by atoms with Crippen molar-refractivity contribution in [2.75, 3.05) is 0 Å². The second-order valence-electron chi connectivity index (χ2n) is 3.44. The maximum Gasteiger partial charge on any atom is -0.0184 e. The molecule has 1 rings (SSSR count). The van der Waals surface area contributed by atoms with E-state index in [0.717, 1.165) is 5.57 Å². The predicted octanol–water partition coefficient (Wildman–Crippen LogP) is 4.22. The van der Waals surface area contributed by atoms with Crippen LogP contribution in [0.1, 0.15) is 19.4 Å². The highest BCUT2D eigenvalue weighted by atomic mass is 14.0. The molecule has 1 aromatic carbocycles. The summed E-state index contributed by atoms with van der Waals surface area (Å²) in [7, 11) is 0. The van der Waals surface area contributed by atoms with Crippen LogP contribution in [-0.2, 0) is 0 Å². The highest BCUT2D eigenvalue weighted by Crippen LogP contribution is 2.15. The molecule has 0 aliphatic heterocycles. The lowest BCUT2D eigenvalue weighted by atomic mass is 10.1. The van der Waals surface area contributed by atoms with Crippen molar-refractivity contribution in [1.29, 1.82) is 0 Å². The molecule has 0 heterocycles. The fourth-order valence-corrected chi connectivity index (χ4v) is 1.17. The van der Waals surface area contributed by atoms with Gasteiger partial charge in [0.1, 0.15) is 0 Å². The average Bonchev–Trinajstić information content (AvgIpc) is 2.20. The van der Waals surface area contributed by atoms with Crippen LogP contribution in [-0.4, -0.2) is 0 Å². The van der Waals surface area contributed by atoms with Gasteiger partial charge in [-0.2, -0.15) is 0 Å². The van der Waals surface area contributed by atoms with E-state index < -0.39 is 0 Å². The molecule has 0 aliphatic rings. The van der Waals surface area contributed by atoms with Gasteiger partial charge in [-0.15, -0.1) is 0 Å². The lowest BCUT2D eigenvalue weighted by molar-refractivity contribution is 1.39. The van der Waals surface area contributed by atoms with Crippen molar-refractivity contribution in [2.24, 2.45) is 0 Å². The molecule has 0 N–H and O–H groups in total. The van der Waals surface area contributed by atoms with Crippen molar-refractivity contribution < 1.29 is 0 Å². The maximum atomic E-state index is 3.82. The molecule has 72 valence electrons. The lowest BCUT2D eigenvalue weighted by Gasteiger charge is -2.00.